The molecule has 1 atom stereocenters. The molecule has 0 bridgehead atoms. The summed E-state index contributed by atoms with van der Waals surface area (Å²) in [5.74, 6) is 0.632. The third-order valence-electron chi connectivity index (χ3n) is 3.70. The molecule has 6 heteroatoms. The van der Waals surface area contributed by atoms with Crippen molar-refractivity contribution in [2.75, 3.05) is 25.5 Å². The fourth-order valence-electron chi connectivity index (χ4n) is 2.61. The number of anilines is 1. The van der Waals surface area contributed by atoms with Gasteiger partial charge in [0.1, 0.15) is 11.4 Å². The van der Waals surface area contributed by atoms with Crippen molar-refractivity contribution in [3.8, 4) is 5.75 Å². The standard InChI is InChI=1S/C17H25ClN2O3/c1-17(2,3)23-16(21)20-9-5-6-13(20)11-19-12-7-8-14(18)15(10-12)22-4/h7-8,10,13,19H,5-6,9,11H2,1-4H3/t13-/m0/s1. The maximum atomic E-state index is 12.3. The Morgan fingerprint density at radius 2 is 2.17 bits per heavy atom. The van der Waals surface area contributed by atoms with E-state index in [4.69, 9.17) is 21.1 Å². The molecule has 0 aromatic heterocycles. The van der Waals surface area contributed by atoms with Gasteiger partial charge in [0.2, 0.25) is 0 Å². The number of halogens is 1. The van der Waals surface area contributed by atoms with Crippen LogP contribution in [0.15, 0.2) is 18.2 Å². The summed E-state index contributed by atoms with van der Waals surface area (Å²) in [5, 5.41) is 3.93. The van der Waals surface area contributed by atoms with Gasteiger partial charge in [-0.25, -0.2) is 4.79 Å². The second kappa shape index (κ2) is 7.30. The van der Waals surface area contributed by atoms with Gasteiger partial charge < -0.3 is 19.7 Å². The van der Waals surface area contributed by atoms with Crippen molar-refractivity contribution in [3.05, 3.63) is 23.2 Å². The molecular weight excluding hydrogens is 316 g/mol. The zero-order chi connectivity index (χ0) is 17.0. The molecule has 1 N–H and O–H groups in total. The van der Waals surface area contributed by atoms with E-state index in [0.29, 0.717) is 17.3 Å². The number of nitrogens with one attached hydrogen (secondary N) is 1. The minimum absolute atomic E-state index is 0.131. The number of likely N-dealkylation sites (tertiary alicyclic amines) is 1. The number of hydrogen-bond acceptors (Lipinski definition) is 4. The highest BCUT2D eigenvalue weighted by Crippen LogP contribution is 2.28. The minimum atomic E-state index is -0.471. The van der Waals surface area contributed by atoms with Crippen molar-refractivity contribution >= 4 is 23.4 Å². The van der Waals surface area contributed by atoms with E-state index in [2.05, 4.69) is 5.32 Å². The molecule has 1 fully saturated rings. The van der Waals surface area contributed by atoms with E-state index in [-0.39, 0.29) is 12.1 Å². The van der Waals surface area contributed by atoms with Crippen molar-refractivity contribution in [2.24, 2.45) is 0 Å². The van der Waals surface area contributed by atoms with Crippen molar-refractivity contribution in [2.45, 2.75) is 45.3 Å². The van der Waals surface area contributed by atoms with E-state index in [1.165, 1.54) is 0 Å². The Morgan fingerprint density at radius 3 is 2.83 bits per heavy atom. The molecule has 0 unspecified atom stereocenters. The maximum absolute atomic E-state index is 12.3. The lowest BCUT2D eigenvalue weighted by molar-refractivity contribution is 0.0235. The smallest absolute Gasteiger partial charge is 0.410 e. The highest BCUT2D eigenvalue weighted by atomic mass is 35.5. The number of hydrogen-bond donors (Lipinski definition) is 1. The monoisotopic (exact) mass is 340 g/mol. The van der Waals surface area contributed by atoms with Crippen LogP contribution in [-0.2, 0) is 4.74 Å². The van der Waals surface area contributed by atoms with Crippen LogP contribution >= 0.6 is 11.6 Å². The zero-order valence-corrected chi connectivity index (χ0v) is 14.9. The Labute approximate surface area is 142 Å². The van der Waals surface area contributed by atoms with Gasteiger partial charge >= 0.3 is 6.09 Å². The molecule has 0 radical (unpaired) electrons. The molecule has 1 heterocycles. The van der Waals surface area contributed by atoms with Crippen LogP contribution in [0, 0.1) is 0 Å². The van der Waals surface area contributed by atoms with Gasteiger partial charge in [0.05, 0.1) is 18.2 Å². The molecule has 128 valence electrons. The molecular formula is C17H25ClN2O3. The van der Waals surface area contributed by atoms with Gasteiger partial charge in [-0.2, -0.15) is 0 Å². The van der Waals surface area contributed by atoms with Crippen molar-refractivity contribution in [3.63, 3.8) is 0 Å². The highest BCUT2D eigenvalue weighted by molar-refractivity contribution is 6.32. The Morgan fingerprint density at radius 1 is 1.43 bits per heavy atom. The van der Waals surface area contributed by atoms with E-state index in [1.807, 2.05) is 37.8 Å². The van der Waals surface area contributed by atoms with Crippen LogP contribution in [0.3, 0.4) is 0 Å². The van der Waals surface area contributed by atoms with E-state index < -0.39 is 5.60 Å². The maximum Gasteiger partial charge on any atom is 0.410 e. The lowest BCUT2D eigenvalue weighted by atomic mass is 10.2. The second-order valence-electron chi connectivity index (χ2n) is 6.70. The summed E-state index contributed by atoms with van der Waals surface area (Å²) in [6.07, 6.45) is 1.72. The van der Waals surface area contributed by atoms with E-state index >= 15 is 0 Å². The first-order valence-electron chi connectivity index (χ1n) is 7.87. The summed E-state index contributed by atoms with van der Waals surface area (Å²) < 4.78 is 10.7. The molecule has 5 nitrogen and oxygen atoms in total. The molecule has 2 rings (SSSR count). The van der Waals surface area contributed by atoms with E-state index in [0.717, 1.165) is 25.1 Å². The summed E-state index contributed by atoms with van der Waals surface area (Å²) in [6.45, 7) is 7.06. The lowest BCUT2D eigenvalue weighted by Gasteiger charge is -2.29. The van der Waals surface area contributed by atoms with Gasteiger partial charge in [-0.1, -0.05) is 11.6 Å². The Hall–Kier alpha value is -1.62. The molecule has 23 heavy (non-hydrogen) atoms. The van der Waals surface area contributed by atoms with E-state index in [9.17, 15) is 4.79 Å². The summed E-state index contributed by atoms with van der Waals surface area (Å²) in [7, 11) is 1.59. The Kier molecular flexibility index (Phi) is 5.63. The van der Waals surface area contributed by atoms with Crippen LogP contribution in [0.2, 0.25) is 5.02 Å². The topological polar surface area (TPSA) is 50.8 Å². The van der Waals surface area contributed by atoms with Crippen LogP contribution in [0.4, 0.5) is 10.5 Å². The summed E-state index contributed by atoms with van der Waals surface area (Å²) in [4.78, 5) is 14.1. The predicted octanol–water partition coefficient (Wildman–Crippen LogP) is 4.16. The molecule has 1 aliphatic rings. The number of nitrogens with zero attached hydrogens (tertiary/aromatic N) is 1. The second-order valence-corrected chi connectivity index (χ2v) is 7.11. The Balaban J connectivity index is 1.95. The highest BCUT2D eigenvalue weighted by Gasteiger charge is 2.31. The SMILES string of the molecule is COc1cc(NC[C@@H]2CCCN2C(=O)OC(C)(C)C)ccc1Cl. The number of benzene rings is 1. The van der Waals surface area contributed by atoms with Crippen LogP contribution < -0.4 is 10.1 Å². The number of carbonyl (C=O) groups is 1. The Bertz CT molecular complexity index is 557. The van der Waals surface area contributed by atoms with Crippen molar-refractivity contribution < 1.29 is 14.3 Å². The number of ether oxygens (including phenoxy) is 2. The average Bonchev–Trinajstić information content (AvgIpc) is 2.93. The van der Waals surface area contributed by atoms with E-state index in [1.54, 1.807) is 13.2 Å². The van der Waals surface area contributed by atoms with Crippen LogP contribution in [0.25, 0.3) is 0 Å². The zero-order valence-electron chi connectivity index (χ0n) is 14.2. The lowest BCUT2D eigenvalue weighted by Crippen LogP contribution is -2.42. The molecule has 0 aliphatic carbocycles. The van der Waals surface area contributed by atoms with Gasteiger partial charge in [-0.3, -0.25) is 0 Å². The number of methoxy groups -OCH3 is 1. The van der Waals surface area contributed by atoms with Crippen molar-refractivity contribution in [1.29, 1.82) is 0 Å². The van der Waals surface area contributed by atoms with Gasteiger partial charge in [-0.05, 0) is 45.7 Å². The van der Waals surface area contributed by atoms with Crippen LogP contribution in [0.1, 0.15) is 33.6 Å². The first kappa shape index (κ1) is 17.7. The third kappa shape index (κ3) is 4.93. The molecule has 1 amide bonds. The minimum Gasteiger partial charge on any atom is -0.495 e. The number of carbonyl (C=O) groups excluding carboxylic acids is 1. The molecule has 1 aromatic carbocycles. The summed E-state index contributed by atoms with van der Waals surface area (Å²) in [6, 6.07) is 5.68. The molecule has 1 saturated heterocycles. The number of amides is 1. The average molecular weight is 341 g/mol. The molecule has 1 aromatic rings. The summed E-state index contributed by atoms with van der Waals surface area (Å²) >= 11 is 6.03. The van der Waals surface area contributed by atoms with Gasteiger partial charge in [0, 0.05) is 24.8 Å². The largest absolute Gasteiger partial charge is 0.495 e. The quantitative estimate of drug-likeness (QED) is 0.894. The fourth-order valence-corrected chi connectivity index (χ4v) is 2.81. The first-order valence-corrected chi connectivity index (χ1v) is 8.25. The third-order valence-corrected chi connectivity index (χ3v) is 4.01. The summed E-state index contributed by atoms with van der Waals surface area (Å²) in [5.41, 5.74) is 0.448. The van der Waals surface area contributed by atoms with Gasteiger partial charge in [0.15, 0.2) is 0 Å². The van der Waals surface area contributed by atoms with Crippen molar-refractivity contribution in [1.82, 2.24) is 4.90 Å². The number of rotatable bonds is 4. The fraction of sp³-hybridized carbons (Fsp3) is 0.588. The van der Waals surface area contributed by atoms with Gasteiger partial charge in [0.25, 0.3) is 0 Å². The van der Waals surface area contributed by atoms with Crippen LogP contribution in [0.5, 0.6) is 5.75 Å². The predicted molar refractivity (Wildman–Crippen MR) is 92.5 cm³/mol. The molecule has 0 spiro atoms. The van der Waals surface area contributed by atoms with Gasteiger partial charge in [-0.15, -0.1) is 0 Å². The first-order chi connectivity index (χ1) is 10.8. The van der Waals surface area contributed by atoms with Crippen LogP contribution in [-0.4, -0.2) is 42.8 Å². The molecule has 0 saturated carbocycles. The normalized spacial score (nSPS) is 18.0. The molecule has 1 aliphatic heterocycles.